The summed E-state index contributed by atoms with van der Waals surface area (Å²) in [6.45, 7) is 1.93. The molecule has 2 rings (SSSR count). The Bertz CT molecular complexity index is 365. The molecule has 1 aliphatic carbocycles. The number of carbonyl (C=O) groups is 1. The molecule has 1 heterocycles. The summed E-state index contributed by atoms with van der Waals surface area (Å²) < 4.78 is 38.0. The molecule has 0 bridgehead atoms. The highest BCUT2D eigenvalue weighted by molar-refractivity contribution is 5.74. The Balaban J connectivity index is 1.86. The minimum atomic E-state index is -4.63. The van der Waals surface area contributed by atoms with Crippen LogP contribution >= 0.6 is 0 Å². The van der Waals surface area contributed by atoms with Crippen LogP contribution in [0.15, 0.2) is 0 Å². The van der Waals surface area contributed by atoms with Gasteiger partial charge in [-0.15, -0.1) is 0 Å². The number of amides is 2. The highest BCUT2D eigenvalue weighted by Gasteiger charge is 2.55. The van der Waals surface area contributed by atoms with Gasteiger partial charge in [0.05, 0.1) is 0 Å². The Morgan fingerprint density at radius 3 is 2.35 bits per heavy atom. The number of hydrogen-bond acceptors (Lipinski definition) is 2. The summed E-state index contributed by atoms with van der Waals surface area (Å²) in [5.74, 6) is 0.413. The van der Waals surface area contributed by atoms with E-state index in [0.717, 1.165) is 19.3 Å². The number of nitrogens with one attached hydrogen (secondary N) is 1. The molecule has 2 unspecified atom stereocenters. The van der Waals surface area contributed by atoms with Gasteiger partial charge in [-0.1, -0.05) is 13.3 Å². The summed E-state index contributed by atoms with van der Waals surface area (Å²) in [4.78, 5) is 13.4. The van der Waals surface area contributed by atoms with Crippen molar-refractivity contribution in [3.05, 3.63) is 0 Å². The van der Waals surface area contributed by atoms with Crippen LogP contribution < -0.4 is 5.32 Å². The number of rotatable bonds is 1. The Labute approximate surface area is 116 Å². The summed E-state index contributed by atoms with van der Waals surface area (Å²) in [7, 11) is 0. The van der Waals surface area contributed by atoms with Crippen molar-refractivity contribution in [3.63, 3.8) is 0 Å². The maximum atomic E-state index is 12.7. The van der Waals surface area contributed by atoms with Crippen molar-refractivity contribution < 1.29 is 23.1 Å². The number of piperidine rings is 1. The molecular weight excluding hydrogens is 273 g/mol. The summed E-state index contributed by atoms with van der Waals surface area (Å²) in [6.07, 6.45) is -2.48. The summed E-state index contributed by atoms with van der Waals surface area (Å²) in [5, 5.41) is 12.4. The van der Waals surface area contributed by atoms with E-state index in [1.807, 2.05) is 0 Å². The molecular formula is C13H21F3N2O2. The van der Waals surface area contributed by atoms with Gasteiger partial charge in [0, 0.05) is 32.0 Å². The second-order valence-corrected chi connectivity index (χ2v) is 5.98. The SMILES string of the molecule is CC1CCCC1NC(=O)N1CCC(O)(C(F)(F)F)CC1. The molecule has 0 radical (unpaired) electrons. The molecule has 7 heteroatoms. The van der Waals surface area contributed by atoms with Crippen molar-refractivity contribution >= 4 is 6.03 Å². The summed E-state index contributed by atoms with van der Waals surface area (Å²) in [6, 6.07) is -0.195. The van der Waals surface area contributed by atoms with Crippen LogP contribution in [-0.4, -0.2) is 46.9 Å². The van der Waals surface area contributed by atoms with Crippen LogP contribution in [0.2, 0.25) is 0 Å². The van der Waals surface area contributed by atoms with Crippen molar-refractivity contribution in [3.8, 4) is 0 Å². The first-order valence-electron chi connectivity index (χ1n) is 7.07. The maximum absolute atomic E-state index is 12.7. The third-order valence-electron chi connectivity index (χ3n) is 4.58. The van der Waals surface area contributed by atoms with E-state index in [0.29, 0.717) is 5.92 Å². The van der Waals surface area contributed by atoms with Crippen LogP contribution in [0.4, 0.5) is 18.0 Å². The summed E-state index contributed by atoms with van der Waals surface area (Å²) in [5.41, 5.74) is -2.65. The van der Waals surface area contributed by atoms with Crippen molar-refractivity contribution in [1.82, 2.24) is 10.2 Å². The number of halogens is 3. The quantitative estimate of drug-likeness (QED) is 0.779. The lowest BCUT2D eigenvalue weighted by atomic mass is 9.91. The number of likely N-dealkylation sites (tertiary alicyclic amines) is 1. The van der Waals surface area contributed by atoms with Crippen molar-refractivity contribution in [2.24, 2.45) is 5.92 Å². The molecule has 0 spiro atoms. The average Bonchev–Trinajstić information content (AvgIpc) is 2.74. The molecule has 0 aromatic rings. The average molecular weight is 294 g/mol. The van der Waals surface area contributed by atoms with E-state index in [9.17, 15) is 23.1 Å². The monoisotopic (exact) mass is 294 g/mol. The highest BCUT2D eigenvalue weighted by atomic mass is 19.4. The van der Waals surface area contributed by atoms with E-state index in [2.05, 4.69) is 12.2 Å². The molecule has 2 N–H and O–H groups in total. The van der Waals surface area contributed by atoms with E-state index in [1.165, 1.54) is 4.90 Å². The van der Waals surface area contributed by atoms with E-state index < -0.39 is 24.6 Å². The zero-order valence-electron chi connectivity index (χ0n) is 11.5. The van der Waals surface area contributed by atoms with E-state index in [4.69, 9.17) is 0 Å². The van der Waals surface area contributed by atoms with Gasteiger partial charge in [-0.05, 0) is 18.8 Å². The highest BCUT2D eigenvalue weighted by Crippen LogP contribution is 2.38. The van der Waals surface area contributed by atoms with Gasteiger partial charge in [0.2, 0.25) is 0 Å². The Hall–Kier alpha value is -0.980. The van der Waals surface area contributed by atoms with Gasteiger partial charge >= 0.3 is 12.2 Å². The second kappa shape index (κ2) is 5.42. The van der Waals surface area contributed by atoms with Gasteiger partial charge < -0.3 is 15.3 Å². The lowest BCUT2D eigenvalue weighted by Gasteiger charge is -2.39. The summed E-state index contributed by atoms with van der Waals surface area (Å²) >= 11 is 0. The normalized spacial score (nSPS) is 30.4. The van der Waals surface area contributed by atoms with E-state index in [-0.39, 0.29) is 25.2 Å². The van der Waals surface area contributed by atoms with E-state index >= 15 is 0 Å². The number of alkyl halides is 3. The minimum absolute atomic E-state index is 0.0665. The molecule has 1 saturated heterocycles. The van der Waals surface area contributed by atoms with Crippen molar-refractivity contribution in [1.29, 1.82) is 0 Å². The molecule has 1 aliphatic heterocycles. The third-order valence-corrected chi connectivity index (χ3v) is 4.58. The number of hydrogen-bond donors (Lipinski definition) is 2. The van der Waals surface area contributed by atoms with Crippen LogP contribution in [0.25, 0.3) is 0 Å². The fourth-order valence-corrected chi connectivity index (χ4v) is 2.97. The zero-order valence-corrected chi connectivity index (χ0v) is 11.5. The Morgan fingerprint density at radius 1 is 1.30 bits per heavy atom. The lowest BCUT2D eigenvalue weighted by Crippen LogP contribution is -2.56. The number of nitrogens with zero attached hydrogens (tertiary/aromatic N) is 1. The smallest absolute Gasteiger partial charge is 0.380 e. The first-order chi connectivity index (χ1) is 9.23. The number of carbonyl (C=O) groups excluding carboxylic acids is 1. The second-order valence-electron chi connectivity index (χ2n) is 5.98. The van der Waals surface area contributed by atoms with Crippen molar-refractivity contribution in [2.45, 2.75) is 56.8 Å². The van der Waals surface area contributed by atoms with Gasteiger partial charge in [-0.25, -0.2) is 4.79 Å². The fraction of sp³-hybridized carbons (Fsp3) is 0.923. The molecule has 2 fully saturated rings. The number of urea groups is 1. The molecule has 0 aromatic carbocycles. The fourth-order valence-electron chi connectivity index (χ4n) is 2.97. The van der Waals surface area contributed by atoms with Crippen LogP contribution in [-0.2, 0) is 0 Å². The zero-order chi connectivity index (χ0) is 15.0. The maximum Gasteiger partial charge on any atom is 0.417 e. The molecule has 1 saturated carbocycles. The molecule has 4 nitrogen and oxygen atoms in total. The van der Waals surface area contributed by atoms with Gasteiger partial charge in [-0.2, -0.15) is 13.2 Å². The van der Waals surface area contributed by atoms with Gasteiger partial charge in [-0.3, -0.25) is 0 Å². The number of aliphatic hydroxyl groups is 1. The topological polar surface area (TPSA) is 52.6 Å². The van der Waals surface area contributed by atoms with Crippen LogP contribution in [0, 0.1) is 5.92 Å². The molecule has 2 amide bonds. The largest absolute Gasteiger partial charge is 0.417 e. The van der Waals surface area contributed by atoms with Gasteiger partial charge in [0.15, 0.2) is 5.60 Å². The molecule has 20 heavy (non-hydrogen) atoms. The standard InChI is InChI=1S/C13H21F3N2O2/c1-9-3-2-4-10(9)17-11(19)18-7-5-12(20,6-8-18)13(14,15)16/h9-10,20H,2-8H2,1H3,(H,17,19). The lowest BCUT2D eigenvalue weighted by molar-refractivity contribution is -0.271. The van der Waals surface area contributed by atoms with E-state index in [1.54, 1.807) is 0 Å². The predicted molar refractivity (Wildman–Crippen MR) is 67.1 cm³/mol. The van der Waals surface area contributed by atoms with Gasteiger partial charge in [0.25, 0.3) is 0 Å². The molecule has 0 aromatic heterocycles. The van der Waals surface area contributed by atoms with Crippen LogP contribution in [0.1, 0.15) is 39.0 Å². The first kappa shape index (κ1) is 15.4. The first-order valence-corrected chi connectivity index (χ1v) is 7.07. The third kappa shape index (κ3) is 3.02. The Morgan fingerprint density at radius 2 is 1.90 bits per heavy atom. The van der Waals surface area contributed by atoms with Crippen molar-refractivity contribution in [2.75, 3.05) is 13.1 Å². The minimum Gasteiger partial charge on any atom is -0.380 e. The molecule has 2 atom stereocenters. The van der Waals surface area contributed by atoms with Crippen LogP contribution in [0.5, 0.6) is 0 Å². The van der Waals surface area contributed by atoms with Crippen LogP contribution in [0.3, 0.4) is 0 Å². The predicted octanol–water partition coefficient (Wildman–Crippen LogP) is 2.27. The Kier molecular flexibility index (Phi) is 4.18. The molecule has 116 valence electrons. The van der Waals surface area contributed by atoms with Gasteiger partial charge in [0.1, 0.15) is 0 Å². The molecule has 2 aliphatic rings.